The second-order valence-electron chi connectivity index (χ2n) is 7.90. The first-order valence-corrected chi connectivity index (χ1v) is 11.1. The number of aryl methyl sites for hydroxylation is 1. The predicted octanol–water partition coefficient (Wildman–Crippen LogP) is 4.58. The Morgan fingerprint density at radius 3 is 2.79 bits per heavy atom. The molecule has 3 aromatic rings. The molecule has 176 valence electrons. The second-order valence-corrected chi connectivity index (χ2v) is 7.90. The lowest BCUT2D eigenvalue weighted by Crippen LogP contribution is -2.29. The monoisotopic (exact) mass is 460 g/mol. The van der Waals surface area contributed by atoms with Gasteiger partial charge in [-0.25, -0.2) is 9.48 Å². The van der Waals surface area contributed by atoms with E-state index in [1.54, 1.807) is 4.68 Å². The van der Waals surface area contributed by atoms with Gasteiger partial charge in [-0.05, 0) is 44.0 Å². The van der Waals surface area contributed by atoms with Crippen LogP contribution in [-0.2, 0) is 16.1 Å². The Bertz CT molecular complexity index is 1230. The smallest absolute Gasteiger partial charge is 0.338 e. The van der Waals surface area contributed by atoms with E-state index in [1.165, 1.54) is 18.0 Å². The van der Waals surface area contributed by atoms with Gasteiger partial charge in [0.15, 0.2) is 11.5 Å². The first-order chi connectivity index (χ1) is 16.5. The van der Waals surface area contributed by atoms with Crippen molar-refractivity contribution in [3.05, 3.63) is 89.4 Å². The molecule has 0 spiro atoms. The number of esters is 1. The van der Waals surface area contributed by atoms with Gasteiger partial charge in [-0.15, -0.1) is 0 Å². The van der Waals surface area contributed by atoms with Crippen LogP contribution >= 0.6 is 0 Å². The SMILES string of the molecule is C=CCOC(=O)C1=C(C)Nc2ncnn2C1c1ccc(OCc2cccc(C)c2)c(OCC)c1. The van der Waals surface area contributed by atoms with Crippen molar-refractivity contribution in [2.75, 3.05) is 18.5 Å². The number of nitrogens with zero attached hydrogens (tertiary/aromatic N) is 3. The molecule has 0 saturated carbocycles. The van der Waals surface area contributed by atoms with Gasteiger partial charge in [-0.3, -0.25) is 0 Å². The number of carbonyl (C=O) groups excluding carboxylic acids is 1. The fraction of sp³-hybridized carbons (Fsp3) is 0.269. The molecule has 0 aliphatic carbocycles. The third-order valence-corrected chi connectivity index (χ3v) is 5.41. The zero-order chi connectivity index (χ0) is 24.1. The molecule has 1 aliphatic heterocycles. The van der Waals surface area contributed by atoms with Crippen LogP contribution in [0.5, 0.6) is 11.5 Å². The molecular weight excluding hydrogens is 432 g/mol. The molecular formula is C26H28N4O4. The van der Waals surface area contributed by atoms with Crippen LogP contribution in [-0.4, -0.2) is 33.9 Å². The zero-order valence-corrected chi connectivity index (χ0v) is 19.6. The summed E-state index contributed by atoms with van der Waals surface area (Å²) in [6, 6.07) is 13.3. The van der Waals surface area contributed by atoms with Gasteiger partial charge < -0.3 is 19.5 Å². The number of allylic oxidation sites excluding steroid dienone is 1. The van der Waals surface area contributed by atoms with Gasteiger partial charge in [-0.1, -0.05) is 48.6 Å². The summed E-state index contributed by atoms with van der Waals surface area (Å²) in [7, 11) is 0. The van der Waals surface area contributed by atoms with E-state index in [0.29, 0.717) is 41.9 Å². The van der Waals surface area contributed by atoms with Crippen LogP contribution < -0.4 is 14.8 Å². The number of hydrogen-bond donors (Lipinski definition) is 1. The maximum Gasteiger partial charge on any atom is 0.338 e. The number of nitrogens with one attached hydrogen (secondary N) is 1. The lowest BCUT2D eigenvalue weighted by atomic mass is 9.95. The highest BCUT2D eigenvalue weighted by molar-refractivity contribution is 5.92. The van der Waals surface area contributed by atoms with Crippen LogP contribution in [0.3, 0.4) is 0 Å². The van der Waals surface area contributed by atoms with Crippen LogP contribution in [0.2, 0.25) is 0 Å². The van der Waals surface area contributed by atoms with Gasteiger partial charge >= 0.3 is 5.97 Å². The molecule has 2 aromatic carbocycles. The summed E-state index contributed by atoms with van der Waals surface area (Å²) in [5.41, 5.74) is 4.13. The van der Waals surface area contributed by atoms with E-state index >= 15 is 0 Å². The lowest BCUT2D eigenvalue weighted by molar-refractivity contribution is -0.138. The molecule has 1 aromatic heterocycles. The van der Waals surface area contributed by atoms with Crippen LogP contribution in [0, 0.1) is 6.92 Å². The number of anilines is 1. The third-order valence-electron chi connectivity index (χ3n) is 5.41. The van der Waals surface area contributed by atoms with Crippen molar-refractivity contribution in [3.63, 3.8) is 0 Å². The molecule has 1 atom stereocenters. The van der Waals surface area contributed by atoms with Gasteiger partial charge in [-0.2, -0.15) is 10.1 Å². The van der Waals surface area contributed by atoms with Gasteiger partial charge in [0, 0.05) is 5.70 Å². The highest BCUT2D eigenvalue weighted by atomic mass is 16.5. The van der Waals surface area contributed by atoms with Crippen LogP contribution in [0.25, 0.3) is 0 Å². The van der Waals surface area contributed by atoms with Crippen molar-refractivity contribution in [1.82, 2.24) is 14.8 Å². The Hall–Kier alpha value is -4.07. The first kappa shape index (κ1) is 23.1. The number of rotatable bonds is 9. The minimum absolute atomic E-state index is 0.114. The summed E-state index contributed by atoms with van der Waals surface area (Å²) in [4.78, 5) is 17.2. The molecule has 1 unspecified atom stereocenters. The van der Waals surface area contributed by atoms with E-state index < -0.39 is 12.0 Å². The molecule has 0 saturated heterocycles. The number of hydrogen-bond acceptors (Lipinski definition) is 7. The molecule has 1 aliphatic rings. The van der Waals surface area contributed by atoms with Crippen molar-refractivity contribution in [3.8, 4) is 11.5 Å². The predicted molar refractivity (Wildman–Crippen MR) is 129 cm³/mol. The summed E-state index contributed by atoms with van der Waals surface area (Å²) in [5.74, 6) is 1.30. The van der Waals surface area contributed by atoms with Gasteiger partial charge in [0.25, 0.3) is 0 Å². The third kappa shape index (κ3) is 4.80. The Morgan fingerprint density at radius 1 is 1.18 bits per heavy atom. The van der Waals surface area contributed by atoms with Crippen LogP contribution in [0.4, 0.5) is 5.95 Å². The quantitative estimate of drug-likeness (QED) is 0.369. The molecule has 2 heterocycles. The van der Waals surface area contributed by atoms with E-state index in [-0.39, 0.29) is 6.61 Å². The maximum atomic E-state index is 13.0. The number of benzene rings is 2. The minimum Gasteiger partial charge on any atom is -0.490 e. The molecule has 1 N–H and O–H groups in total. The molecule has 4 rings (SSSR count). The fourth-order valence-electron chi connectivity index (χ4n) is 3.92. The molecule has 0 radical (unpaired) electrons. The zero-order valence-electron chi connectivity index (χ0n) is 19.6. The molecule has 8 heteroatoms. The average molecular weight is 461 g/mol. The largest absolute Gasteiger partial charge is 0.490 e. The van der Waals surface area contributed by atoms with Gasteiger partial charge in [0.2, 0.25) is 5.95 Å². The van der Waals surface area contributed by atoms with Gasteiger partial charge in [0.1, 0.15) is 25.6 Å². The Balaban J connectivity index is 1.69. The average Bonchev–Trinajstić information content (AvgIpc) is 3.29. The number of aromatic nitrogens is 3. The van der Waals surface area contributed by atoms with Crippen molar-refractivity contribution in [1.29, 1.82) is 0 Å². The summed E-state index contributed by atoms with van der Waals surface area (Å²) in [6.45, 7) is 10.4. The lowest BCUT2D eigenvalue weighted by Gasteiger charge is -2.28. The Kier molecular flexibility index (Phi) is 6.96. The topological polar surface area (TPSA) is 87.5 Å². The number of carbonyl (C=O) groups is 1. The standard InChI is InChI=1S/C26H28N4O4/c1-5-12-33-25(31)23-18(4)29-26-27-16-28-30(26)24(23)20-10-11-21(22(14-20)32-6-2)34-15-19-9-7-8-17(3)13-19/h5,7-11,13-14,16,24H,1,6,12,15H2,2-4H3,(H,27,28,29). The maximum absolute atomic E-state index is 13.0. The second kappa shape index (κ2) is 10.2. The molecule has 0 bridgehead atoms. The molecule has 0 fully saturated rings. The van der Waals surface area contributed by atoms with E-state index in [9.17, 15) is 4.79 Å². The van der Waals surface area contributed by atoms with Crippen LogP contribution in [0.15, 0.2) is 72.7 Å². The highest BCUT2D eigenvalue weighted by Crippen LogP contribution is 2.39. The Labute approximate surface area is 198 Å². The minimum atomic E-state index is -0.541. The summed E-state index contributed by atoms with van der Waals surface area (Å²) < 4.78 is 19.0. The van der Waals surface area contributed by atoms with E-state index in [0.717, 1.165) is 11.1 Å². The summed E-state index contributed by atoms with van der Waals surface area (Å²) >= 11 is 0. The molecule has 8 nitrogen and oxygen atoms in total. The highest BCUT2D eigenvalue weighted by Gasteiger charge is 2.34. The summed E-state index contributed by atoms with van der Waals surface area (Å²) in [5, 5.41) is 7.48. The Morgan fingerprint density at radius 2 is 2.03 bits per heavy atom. The van der Waals surface area contributed by atoms with Crippen molar-refractivity contribution >= 4 is 11.9 Å². The van der Waals surface area contributed by atoms with E-state index in [2.05, 4.69) is 41.0 Å². The van der Waals surface area contributed by atoms with Crippen LogP contribution in [0.1, 0.15) is 36.6 Å². The van der Waals surface area contributed by atoms with Crippen molar-refractivity contribution in [2.45, 2.75) is 33.4 Å². The fourth-order valence-corrected chi connectivity index (χ4v) is 3.92. The van der Waals surface area contributed by atoms with E-state index in [4.69, 9.17) is 14.2 Å². The summed E-state index contributed by atoms with van der Waals surface area (Å²) in [6.07, 6.45) is 2.98. The van der Waals surface area contributed by atoms with Crippen molar-refractivity contribution in [2.24, 2.45) is 0 Å². The van der Waals surface area contributed by atoms with E-state index in [1.807, 2.05) is 44.2 Å². The molecule has 34 heavy (non-hydrogen) atoms. The van der Waals surface area contributed by atoms with Gasteiger partial charge in [0.05, 0.1) is 12.2 Å². The first-order valence-electron chi connectivity index (χ1n) is 11.1. The normalized spacial score (nSPS) is 14.7. The number of fused-ring (bicyclic) bond motifs is 1. The molecule has 0 amide bonds. The van der Waals surface area contributed by atoms with Crippen molar-refractivity contribution < 1.29 is 19.0 Å². The number of ether oxygens (including phenoxy) is 3.